The Labute approximate surface area is 97.4 Å². The smallest absolute Gasteiger partial charge is 0.220 e. The minimum atomic E-state index is 0.0975. The first-order chi connectivity index (χ1) is 7.65. The number of aliphatic hydroxyl groups is 1. The van der Waals surface area contributed by atoms with E-state index in [0.29, 0.717) is 25.0 Å². The van der Waals surface area contributed by atoms with Gasteiger partial charge in [0.05, 0.1) is 6.10 Å². The Kier molecular flexibility index (Phi) is 5.77. The number of ether oxygens (including phenoxy) is 1. The molecule has 94 valence electrons. The molecule has 16 heavy (non-hydrogen) atoms. The van der Waals surface area contributed by atoms with Gasteiger partial charge in [0.25, 0.3) is 0 Å². The highest BCUT2D eigenvalue weighted by Gasteiger charge is 2.30. The lowest BCUT2D eigenvalue weighted by Crippen LogP contribution is -2.37. The molecule has 0 aliphatic heterocycles. The lowest BCUT2D eigenvalue weighted by Gasteiger charge is -2.34. The summed E-state index contributed by atoms with van der Waals surface area (Å²) in [6.45, 7) is 5.36. The van der Waals surface area contributed by atoms with E-state index < -0.39 is 0 Å². The van der Waals surface area contributed by atoms with Crippen LogP contribution < -0.4 is 5.32 Å². The van der Waals surface area contributed by atoms with Gasteiger partial charge in [0.2, 0.25) is 5.91 Å². The molecule has 4 nitrogen and oxygen atoms in total. The van der Waals surface area contributed by atoms with Crippen molar-refractivity contribution in [3.8, 4) is 0 Å². The molecule has 0 aromatic carbocycles. The van der Waals surface area contributed by atoms with E-state index in [1.165, 1.54) is 0 Å². The number of rotatable bonds is 7. The van der Waals surface area contributed by atoms with Gasteiger partial charge in [-0.05, 0) is 31.6 Å². The van der Waals surface area contributed by atoms with Crippen molar-refractivity contribution in [3.63, 3.8) is 0 Å². The molecule has 1 aliphatic rings. The predicted octanol–water partition coefficient (Wildman–Crippen LogP) is 0.936. The second-order valence-electron chi connectivity index (χ2n) is 4.71. The first kappa shape index (κ1) is 13.5. The van der Waals surface area contributed by atoms with Crippen LogP contribution in [-0.2, 0) is 9.53 Å². The zero-order chi connectivity index (χ0) is 12.0. The van der Waals surface area contributed by atoms with Crippen LogP contribution in [0.25, 0.3) is 0 Å². The largest absolute Gasteiger partial charge is 0.396 e. The maximum Gasteiger partial charge on any atom is 0.220 e. The van der Waals surface area contributed by atoms with E-state index in [2.05, 4.69) is 5.32 Å². The number of hydrogen-bond acceptors (Lipinski definition) is 3. The predicted molar refractivity (Wildman–Crippen MR) is 62.0 cm³/mol. The van der Waals surface area contributed by atoms with Gasteiger partial charge in [-0.2, -0.15) is 0 Å². The molecule has 0 aromatic heterocycles. The number of aliphatic hydroxyl groups excluding tert-OH is 1. The lowest BCUT2D eigenvalue weighted by atomic mass is 9.80. The number of hydrogen-bond donors (Lipinski definition) is 2. The molecule has 1 aliphatic carbocycles. The molecule has 0 aromatic rings. The molecule has 1 saturated carbocycles. The van der Waals surface area contributed by atoms with Crippen molar-refractivity contribution < 1.29 is 14.6 Å². The second kappa shape index (κ2) is 6.86. The van der Waals surface area contributed by atoms with Crippen molar-refractivity contribution in [2.24, 2.45) is 11.8 Å². The molecule has 4 heteroatoms. The van der Waals surface area contributed by atoms with Gasteiger partial charge in [-0.1, -0.05) is 6.92 Å². The van der Waals surface area contributed by atoms with Crippen LogP contribution in [0.5, 0.6) is 0 Å². The molecule has 0 saturated heterocycles. The topological polar surface area (TPSA) is 58.6 Å². The molecule has 0 bridgehead atoms. The fraction of sp³-hybridized carbons (Fsp3) is 0.917. The van der Waals surface area contributed by atoms with Crippen LogP contribution in [0, 0.1) is 11.8 Å². The SMILES string of the molecule is CCOC1CC(CC(=O)NCC(C)CO)C1. The molecule has 0 radical (unpaired) electrons. The van der Waals surface area contributed by atoms with Crippen LogP contribution in [0.15, 0.2) is 0 Å². The first-order valence-electron chi connectivity index (χ1n) is 6.14. The van der Waals surface area contributed by atoms with Gasteiger partial charge < -0.3 is 15.2 Å². The van der Waals surface area contributed by atoms with E-state index in [9.17, 15) is 4.79 Å². The van der Waals surface area contributed by atoms with E-state index in [-0.39, 0.29) is 18.4 Å². The standard InChI is InChI=1S/C12H23NO3/c1-3-16-11-4-10(5-11)6-12(15)13-7-9(2)8-14/h9-11,14H,3-8H2,1-2H3,(H,13,15). The molecule has 1 fully saturated rings. The Morgan fingerprint density at radius 1 is 1.56 bits per heavy atom. The van der Waals surface area contributed by atoms with Crippen molar-refractivity contribution in [1.29, 1.82) is 0 Å². The average Bonchev–Trinajstić information content (AvgIpc) is 2.23. The van der Waals surface area contributed by atoms with Crippen molar-refractivity contribution in [1.82, 2.24) is 5.32 Å². The van der Waals surface area contributed by atoms with Gasteiger partial charge in [0.15, 0.2) is 0 Å². The van der Waals surface area contributed by atoms with Crippen LogP contribution in [0.1, 0.15) is 33.1 Å². The normalized spacial score (nSPS) is 25.9. The van der Waals surface area contributed by atoms with E-state index in [0.717, 1.165) is 19.4 Å². The molecule has 1 amide bonds. The lowest BCUT2D eigenvalue weighted by molar-refractivity contribution is -0.124. The Balaban J connectivity index is 2.03. The number of carbonyl (C=O) groups excluding carboxylic acids is 1. The number of carbonyl (C=O) groups is 1. The van der Waals surface area contributed by atoms with Gasteiger partial charge in [-0.15, -0.1) is 0 Å². The zero-order valence-corrected chi connectivity index (χ0v) is 10.2. The van der Waals surface area contributed by atoms with E-state index in [1.807, 2.05) is 13.8 Å². The Bertz CT molecular complexity index is 214. The number of amides is 1. The maximum absolute atomic E-state index is 11.5. The highest BCUT2D eigenvalue weighted by molar-refractivity contribution is 5.76. The van der Waals surface area contributed by atoms with E-state index in [1.54, 1.807) is 0 Å². The Morgan fingerprint density at radius 3 is 2.81 bits per heavy atom. The molecule has 1 unspecified atom stereocenters. The quantitative estimate of drug-likeness (QED) is 0.683. The summed E-state index contributed by atoms with van der Waals surface area (Å²) < 4.78 is 5.44. The van der Waals surface area contributed by atoms with Crippen LogP contribution >= 0.6 is 0 Å². The fourth-order valence-corrected chi connectivity index (χ4v) is 1.90. The third-order valence-corrected chi connectivity index (χ3v) is 3.03. The third-order valence-electron chi connectivity index (χ3n) is 3.03. The van der Waals surface area contributed by atoms with Crippen LogP contribution in [0.3, 0.4) is 0 Å². The summed E-state index contributed by atoms with van der Waals surface area (Å²) in [5.41, 5.74) is 0. The van der Waals surface area contributed by atoms with E-state index >= 15 is 0 Å². The van der Waals surface area contributed by atoms with Gasteiger partial charge in [0.1, 0.15) is 0 Å². The summed E-state index contributed by atoms with van der Waals surface area (Å²) >= 11 is 0. The van der Waals surface area contributed by atoms with Crippen LogP contribution in [0.2, 0.25) is 0 Å². The first-order valence-corrected chi connectivity index (χ1v) is 6.14. The molecular formula is C12H23NO3. The maximum atomic E-state index is 11.5. The van der Waals surface area contributed by atoms with Gasteiger partial charge in [0, 0.05) is 26.2 Å². The summed E-state index contributed by atoms with van der Waals surface area (Å²) in [6, 6.07) is 0. The van der Waals surface area contributed by atoms with Gasteiger partial charge in [-0.25, -0.2) is 0 Å². The molecule has 2 N–H and O–H groups in total. The van der Waals surface area contributed by atoms with Gasteiger partial charge >= 0.3 is 0 Å². The van der Waals surface area contributed by atoms with Crippen molar-refractivity contribution >= 4 is 5.91 Å². The van der Waals surface area contributed by atoms with Crippen LogP contribution in [0.4, 0.5) is 0 Å². The summed E-state index contributed by atoms with van der Waals surface area (Å²) in [5, 5.41) is 11.7. The Morgan fingerprint density at radius 2 is 2.25 bits per heavy atom. The molecule has 1 rings (SSSR count). The minimum absolute atomic E-state index is 0.0975. The highest BCUT2D eigenvalue weighted by Crippen LogP contribution is 2.32. The third kappa shape index (κ3) is 4.49. The van der Waals surface area contributed by atoms with E-state index in [4.69, 9.17) is 9.84 Å². The monoisotopic (exact) mass is 229 g/mol. The average molecular weight is 229 g/mol. The van der Waals surface area contributed by atoms with Crippen molar-refractivity contribution in [2.45, 2.75) is 39.2 Å². The molecule has 0 spiro atoms. The molecular weight excluding hydrogens is 206 g/mol. The Hall–Kier alpha value is -0.610. The summed E-state index contributed by atoms with van der Waals surface area (Å²) in [7, 11) is 0. The van der Waals surface area contributed by atoms with Crippen molar-refractivity contribution in [2.75, 3.05) is 19.8 Å². The summed E-state index contributed by atoms with van der Waals surface area (Å²) in [4.78, 5) is 11.5. The summed E-state index contributed by atoms with van der Waals surface area (Å²) in [6.07, 6.45) is 2.99. The second-order valence-corrected chi connectivity index (χ2v) is 4.71. The summed E-state index contributed by atoms with van der Waals surface area (Å²) in [5.74, 6) is 0.725. The molecule has 1 atom stereocenters. The van der Waals surface area contributed by atoms with Crippen molar-refractivity contribution in [3.05, 3.63) is 0 Å². The van der Waals surface area contributed by atoms with Crippen LogP contribution in [-0.4, -0.2) is 36.9 Å². The zero-order valence-electron chi connectivity index (χ0n) is 10.2. The fourth-order valence-electron chi connectivity index (χ4n) is 1.90. The van der Waals surface area contributed by atoms with Gasteiger partial charge in [-0.3, -0.25) is 4.79 Å². The highest BCUT2D eigenvalue weighted by atomic mass is 16.5. The minimum Gasteiger partial charge on any atom is -0.396 e. The molecule has 0 heterocycles. The number of nitrogens with one attached hydrogen (secondary N) is 1.